The van der Waals surface area contributed by atoms with Crippen LogP contribution in [-0.4, -0.2) is 30.5 Å². The average molecular weight is 440 g/mol. The van der Waals surface area contributed by atoms with E-state index in [2.05, 4.69) is 5.10 Å². The minimum atomic E-state index is -4.67. The summed E-state index contributed by atoms with van der Waals surface area (Å²) in [5, 5.41) is 12.4. The highest BCUT2D eigenvalue weighted by atomic mass is 35.5. The number of aromatic nitrogens is 2. The Labute approximate surface area is 161 Å². The van der Waals surface area contributed by atoms with Crippen LogP contribution in [0.15, 0.2) is 12.1 Å². The van der Waals surface area contributed by atoms with E-state index in [9.17, 15) is 26.9 Å². The van der Waals surface area contributed by atoms with Gasteiger partial charge in [-0.1, -0.05) is 23.2 Å². The van der Waals surface area contributed by atoms with Gasteiger partial charge in [-0.3, -0.25) is 4.31 Å². The Morgan fingerprint density at radius 1 is 1.22 bits per heavy atom. The number of alkyl halides is 3. The summed E-state index contributed by atoms with van der Waals surface area (Å²) in [6.07, 6.45) is -4.34. The summed E-state index contributed by atoms with van der Waals surface area (Å²) in [5.41, 5.74) is 4.25. The Bertz CT molecular complexity index is 1050. The summed E-state index contributed by atoms with van der Waals surface area (Å²) in [6, 6.07) is 3.01. The molecular formula is C14H10Cl2F3N5O2S. The van der Waals surface area contributed by atoms with E-state index in [0.29, 0.717) is 18.6 Å². The number of anilines is 2. The SMILES string of the molecule is N#Cc1nn(-c2c(Cl)cc(C(F)(F)F)cc2Cl)c(N)c1N1CCCS1(=O)=O. The number of nitrogens with two attached hydrogens (primary N) is 1. The number of sulfonamides is 1. The van der Waals surface area contributed by atoms with E-state index >= 15 is 0 Å². The van der Waals surface area contributed by atoms with Gasteiger partial charge >= 0.3 is 6.18 Å². The van der Waals surface area contributed by atoms with Crippen LogP contribution in [0.2, 0.25) is 10.0 Å². The van der Waals surface area contributed by atoms with Gasteiger partial charge in [0.05, 0.1) is 21.4 Å². The Kier molecular flexibility index (Phi) is 4.70. The highest BCUT2D eigenvalue weighted by Crippen LogP contribution is 2.41. The van der Waals surface area contributed by atoms with E-state index in [4.69, 9.17) is 28.9 Å². The second-order valence-corrected chi connectivity index (χ2v) is 8.46. The molecule has 7 nitrogen and oxygen atoms in total. The number of benzene rings is 1. The Morgan fingerprint density at radius 3 is 2.26 bits per heavy atom. The van der Waals surface area contributed by atoms with Crippen LogP contribution < -0.4 is 10.0 Å². The molecule has 0 atom stereocenters. The summed E-state index contributed by atoms with van der Waals surface area (Å²) in [5.74, 6) is -0.398. The first kappa shape index (κ1) is 19.6. The van der Waals surface area contributed by atoms with Crippen LogP contribution in [0.4, 0.5) is 24.7 Å². The van der Waals surface area contributed by atoms with Crippen LogP contribution in [0.25, 0.3) is 5.69 Å². The molecule has 2 aromatic rings. The topological polar surface area (TPSA) is 105 Å². The van der Waals surface area contributed by atoms with Crippen molar-refractivity contribution in [2.45, 2.75) is 12.6 Å². The van der Waals surface area contributed by atoms with E-state index in [1.54, 1.807) is 6.07 Å². The molecule has 1 aromatic carbocycles. The maximum Gasteiger partial charge on any atom is 0.416 e. The molecule has 27 heavy (non-hydrogen) atoms. The number of nitriles is 1. The Morgan fingerprint density at radius 2 is 1.81 bits per heavy atom. The van der Waals surface area contributed by atoms with Crippen LogP contribution in [0, 0.1) is 11.3 Å². The lowest BCUT2D eigenvalue weighted by atomic mass is 10.2. The molecule has 0 saturated carbocycles. The lowest BCUT2D eigenvalue weighted by Crippen LogP contribution is -2.26. The highest BCUT2D eigenvalue weighted by Gasteiger charge is 2.36. The number of halogens is 5. The predicted octanol–water partition coefficient (Wildman–Crippen LogP) is 3.19. The van der Waals surface area contributed by atoms with Crippen LogP contribution >= 0.6 is 23.2 Å². The van der Waals surface area contributed by atoms with E-state index in [0.717, 1.165) is 8.99 Å². The molecule has 144 valence electrons. The lowest BCUT2D eigenvalue weighted by molar-refractivity contribution is -0.137. The van der Waals surface area contributed by atoms with E-state index < -0.39 is 31.8 Å². The fraction of sp³-hybridized carbons (Fsp3) is 0.286. The first-order chi connectivity index (χ1) is 12.5. The molecule has 1 aliphatic rings. The van der Waals surface area contributed by atoms with Crippen molar-refractivity contribution < 1.29 is 21.6 Å². The number of rotatable bonds is 2. The van der Waals surface area contributed by atoms with Crippen LogP contribution in [0.5, 0.6) is 0 Å². The van der Waals surface area contributed by atoms with E-state index in [1.165, 1.54) is 0 Å². The standard InChI is InChI=1S/C14H10Cl2F3N5O2S/c15-8-4-7(14(17,18)19)5-9(16)11(8)24-13(21)12(10(6-20)22-24)23-2-1-3-27(23,25)26/h4-5H,1-3,21H2. The first-order valence-electron chi connectivity index (χ1n) is 7.33. The molecule has 3 rings (SSSR count). The summed E-state index contributed by atoms with van der Waals surface area (Å²) in [4.78, 5) is 0. The molecule has 0 aliphatic carbocycles. The lowest BCUT2D eigenvalue weighted by Gasteiger charge is -2.17. The van der Waals surface area contributed by atoms with Gasteiger partial charge < -0.3 is 5.73 Å². The summed E-state index contributed by atoms with van der Waals surface area (Å²) >= 11 is 11.9. The van der Waals surface area contributed by atoms with Crippen molar-refractivity contribution in [1.29, 1.82) is 5.26 Å². The van der Waals surface area contributed by atoms with Crippen molar-refractivity contribution in [3.05, 3.63) is 33.4 Å². The molecule has 1 aliphatic heterocycles. The zero-order valence-electron chi connectivity index (χ0n) is 13.3. The van der Waals surface area contributed by atoms with Crippen molar-refractivity contribution in [1.82, 2.24) is 9.78 Å². The van der Waals surface area contributed by atoms with Crippen molar-refractivity contribution in [3.63, 3.8) is 0 Å². The molecular weight excluding hydrogens is 430 g/mol. The maximum atomic E-state index is 12.9. The third-order valence-electron chi connectivity index (χ3n) is 3.91. The van der Waals surface area contributed by atoms with E-state index in [1.807, 2.05) is 0 Å². The minimum Gasteiger partial charge on any atom is -0.382 e. The second-order valence-electron chi connectivity index (χ2n) is 5.63. The maximum absolute atomic E-state index is 12.9. The minimum absolute atomic E-state index is 0.0986. The van der Waals surface area contributed by atoms with Crippen molar-refractivity contribution in [2.24, 2.45) is 0 Å². The normalized spacial score (nSPS) is 16.5. The fourth-order valence-electron chi connectivity index (χ4n) is 2.74. The molecule has 0 bridgehead atoms. The zero-order chi connectivity index (χ0) is 20.1. The number of hydrogen-bond donors (Lipinski definition) is 1. The molecule has 0 unspecified atom stereocenters. The third-order valence-corrected chi connectivity index (χ3v) is 6.32. The van der Waals surface area contributed by atoms with Gasteiger partial charge in [0.15, 0.2) is 11.5 Å². The number of nitrogens with zero attached hydrogens (tertiary/aromatic N) is 4. The second kappa shape index (κ2) is 6.47. The number of nitrogen functional groups attached to an aromatic ring is 1. The van der Waals surface area contributed by atoms with Gasteiger partial charge in [0.2, 0.25) is 10.0 Å². The van der Waals surface area contributed by atoms with Crippen LogP contribution in [-0.2, 0) is 16.2 Å². The largest absolute Gasteiger partial charge is 0.416 e. The molecule has 1 aromatic heterocycles. The van der Waals surface area contributed by atoms with Crippen LogP contribution in [0.1, 0.15) is 17.7 Å². The smallest absolute Gasteiger partial charge is 0.382 e. The highest BCUT2D eigenvalue weighted by molar-refractivity contribution is 7.93. The molecule has 13 heteroatoms. The van der Waals surface area contributed by atoms with Crippen LogP contribution in [0.3, 0.4) is 0 Å². The molecule has 1 saturated heterocycles. The molecule has 2 heterocycles. The Hall–Kier alpha value is -2.16. The fourth-order valence-corrected chi connectivity index (χ4v) is 4.96. The van der Waals surface area contributed by atoms with Gasteiger partial charge in [0.25, 0.3) is 0 Å². The summed E-state index contributed by atoms with van der Waals surface area (Å²) in [7, 11) is -3.68. The third kappa shape index (κ3) is 3.28. The van der Waals surface area contributed by atoms with Crippen molar-refractivity contribution in [3.8, 4) is 11.8 Å². The van der Waals surface area contributed by atoms with Crippen molar-refractivity contribution >= 4 is 44.7 Å². The van der Waals surface area contributed by atoms with Gasteiger partial charge in [-0.15, -0.1) is 0 Å². The van der Waals surface area contributed by atoms with Gasteiger partial charge in [-0.25, -0.2) is 13.1 Å². The monoisotopic (exact) mass is 439 g/mol. The molecule has 0 spiro atoms. The van der Waals surface area contributed by atoms with Crippen molar-refractivity contribution in [2.75, 3.05) is 22.3 Å². The quantitative estimate of drug-likeness (QED) is 0.773. The molecule has 1 fully saturated rings. The molecule has 0 amide bonds. The first-order valence-corrected chi connectivity index (χ1v) is 9.69. The van der Waals surface area contributed by atoms with Gasteiger partial charge in [-0.2, -0.15) is 23.5 Å². The van der Waals surface area contributed by atoms with Gasteiger partial charge in [-0.05, 0) is 18.6 Å². The average Bonchev–Trinajstić information content (AvgIpc) is 3.05. The predicted molar refractivity (Wildman–Crippen MR) is 93.5 cm³/mol. The summed E-state index contributed by atoms with van der Waals surface area (Å²) < 4.78 is 64.8. The van der Waals surface area contributed by atoms with Gasteiger partial charge in [0.1, 0.15) is 17.4 Å². The van der Waals surface area contributed by atoms with Gasteiger partial charge in [0, 0.05) is 6.54 Å². The Balaban J connectivity index is 2.22. The molecule has 2 N–H and O–H groups in total. The molecule has 0 radical (unpaired) electrons. The zero-order valence-corrected chi connectivity index (χ0v) is 15.6. The summed E-state index contributed by atoms with van der Waals surface area (Å²) in [6.45, 7) is 0.0986. The number of hydrogen-bond acceptors (Lipinski definition) is 5. The van der Waals surface area contributed by atoms with E-state index in [-0.39, 0.29) is 35.2 Å².